The Labute approximate surface area is 157 Å². The molecule has 2 aromatic rings. The average Bonchev–Trinajstić information content (AvgIpc) is 2.99. The Bertz CT molecular complexity index is 790. The molecule has 138 valence electrons. The van der Waals surface area contributed by atoms with Gasteiger partial charge in [0.2, 0.25) is 5.91 Å². The van der Waals surface area contributed by atoms with Crippen molar-refractivity contribution in [2.45, 2.75) is 45.4 Å². The quantitative estimate of drug-likeness (QED) is 0.735. The van der Waals surface area contributed by atoms with E-state index in [-0.39, 0.29) is 30.1 Å². The number of hydrogen-bond donors (Lipinski definition) is 0. The lowest BCUT2D eigenvalue weighted by Gasteiger charge is -2.31. The predicted molar refractivity (Wildman–Crippen MR) is 100 cm³/mol. The Morgan fingerprint density at radius 2 is 1.88 bits per heavy atom. The number of rotatable bonds is 5. The van der Waals surface area contributed by atoms with Gasteiger partial charge in [0.25, 0.3) is 0 Å². The molecule has 0 radical (unpaired) electrons. The minimum Gasteiger partial charge on any atom is -0.343 e. The van der Waals surface area contributed by atoms with E-state index < -0.39 is 5.82 Å². The number of thiazole rings is 1. The number of amides is 1. The number of aromatic nitrogens is 1. The maximum atomic E-state index is 13.6. The summed E-state index contributed by atoms with van der Waals surface area (Å²) in [6, 6.07) is 5.91. The SMILES string of the molecule is Cc1nc(C2CCN(C(=O)CCC(=O)c3ccccc3F)CC2)sc1C. The van der Waals surface area contributed by atoms with Gasteiger partial charge in [0.05, 0.1) is 16.3 Å². The van der Waals surface area contributed by atoms with E-state index >= 15 is 0 Å². The summed E-state index contributed by atoms with van der Waals surface area (Å²) in [4.78, 5) is 32.2. The molecule has 6 heteroatoms. The third-order valence-electron chi connectivity index (χ3n) is 4.98. The van der Waals surface area contributed by atoms with Crippen LogP contribution in [0.3, 0.4) is 0 Å². The summed E-state index contributed by atoms with van der Waals surface area (Å²) in [5.41, 5.74) is 1.16. The van der Waals surface area contributed by atoms with Crippen molar-refractivity contribution in [1.29, 1.82) is 0 Å². The molecule has 2 heterocycles. The maximum absolute atomic E-state index is 13.6. The van der Waals surface area contributed by atoms with E-state index in [1.54, 1.807) is 23.5 Å². The largest absolute Gasteiger partial charge is 0.343 e. The second-order valence-electron chi connectivity index (χ2n) is 6.75. The van der Waals surface area contributed by atoms with Gasteiger partial charge < -0.3 is 4.90 Å². The van der Waals surface area contributed by atoms with Crippen molar-refractivity contribution in [1.82, 2.24) is 9.88 Å². The van der Waals surface area contributed by atoms with Crippen molar-refractivity contribution >= 4 is 23.0 Å². The Balaban J connectivity index is 1.49. The number of carbonyl (C=O) groups is 2. The summed E-state index contributed by atoms with van der Waals surface area (Å²) in [6.45, 7) is 5.49. The number of likely N-dealkylation sites (tertiary alicyclic amines) is 1. The van der Waals surface area contributed by atoms with Crippen LogP contribution in [0.5, 0.6) is 0 Å². The molecule has 1 aliphatic heterocycles. The lowest BCUT2D eigenvalue weighted by Crippen LogP contribution is -2.38. The Morgan fingerprint density at radius 3 is 2.50 bits per heavy atom. The highest BCUT2D eigenvalue weighted by molar-refractivity contribution is 7.11. The molecule has 1 aliphatic rings. The van der Waals surface area contributed by atoms with E-state index in [9.17, 15) is 14.0 Å². The van der Waals surface area contributed by atoms with Gasteiger partial charge in [-0.25, -0.2) is 9.37 Å². The van der Waals surface area contributed by atoms with E-state index in [0.29, 0.717) is 19.0 Å². The van der Waals surface area contributed by atoms with E-state index in [2.05, 4.69) is 11.9 Å². The molecule has 1 saturated heterocycles. The Kier molecular flexibility index (Phi) is 5.81. The van der Waals surface area contributed by atoms with Crippen molar-refractivity contribution < 1.29 is 14.0 Å². The van der Waals surface area contributed by atoms with Crippen molar-refractivity contribution in [3.8, 4) is 0 Å². The fraction of sp³-hybridized carbons (Fsp3) is 0.450. The lowest BCUT2D eigenvalue weighted by molar-refractivity contribution is -0.132. The monoisotopic (exact) mass is 374 g/mol. The maximum Gasteiger partial charge on any atom is 0.223 e. The fourth-order valence-electron chi connectivity index (χ4n) is 3.25. The van der Waals surface area contributed by atoms with Crippen LogP contribution >= 0.6 is 11.3 Å². The highest BCUT2D eigenvalue weighted by atomic mass is 32.1. The van der Waals surface area contributed by atoms with Crippen molar-refractivity contribution in [2.24, 2.45) is 0 Å². The third-order valence-corrected chi connectivity index (χ3v) is 6.22. The van der Waals surface area contributed by atoms with Gasteiger partial charge in [-0.15, -0.1) is 11.3 Å². The number of aryl methyl sites for hydroxylation is 2. The molecule has 1 fully saturated rings. The summed E-state index contributed by atoms with van der Waals surface area (Å²) >= 11 is 1.75. The zero-order valence-corrected chi connectivity index (χ0v) is 15.9. The molecule has 0 aliphatic carbocycles. The van der Waals surface area contributed by atoms with Crippen LogP contribution in [0.15, 0.2) is 24.3 Å². The number of halogens is 1. The Hall–Kier alpha value is -2.08. The first-order valence-corrected chi connectivity index (χ1v) is 9.76. The molecule has 0 atom stereocenters. The van der Waals surface area contributed by atoms with Crippen molar-refractivity contribution in [3.63, 3.8) is 0 Å². The van der Waals surface area contributed by atoms with E-state index in [0.717, 1.165) is 18.5 Å². The molecule has 1 aromatic carbocycles. The highest BCUT2D eigenvalue weighted by Crippen LogP contribution is 2.32. The second kappa shape index (κ2) is 8.08. The molecule has 0 spiro atoms. The van der Waals surface area contributed by atoms with Gasteiger partial charge in [-0.05, 0) is 38.8 Å². The topological polar surface area (TPSA) is 50.3 Å². The molecule has 3 rings (SSSR count). The van der Waals surface area contributed by atoms with Crippen LogP contribution in [-0.2, 0) is 4.79 Å². The number of carbonyl (C=O) groups excluding carboxylic acids is 2. The zero-order chi connectivity index (χ0) is 18.7. The van der Waals surface area contributed by atoms with Gasteiger partial charge in [-0.2, -0.15) is 0 Å². The normalized spacial score (nSPS) is 15.3. The average molecular weight is 374 g/mol. The number of ketones is 1. The van der Waals surface area contributed by atoms with Gasteiger partial charge in [0, 0.05) is 36.7 Å². The van der Waals surface area contributed by atoms with Crippen molar-refractivity contribution in [2.75, 3.05) is 13.1 Å². The minimum absolute atomic E-state index is 0.0281. The first-order valence-electron chi connectivity index (χ1n) is 8.95. The summed E-state index contributed by atoms with van der Waals surface area (Å²) in [5, 5.41) is 1.17. The first kappa shape index (κ1) is 18.7. The molecule has 1 aromatic heterocycles. The molecule has 0 bridgehead atoms. The van der Waals surface area contributed by atoms with Crippen LogP contribution in [0.1, 0.15) is 57.5 Å². The number of hydrogen-bond acceptors (Lipinski definition) is 4. The second-order valence-corrected chi connectivity index (χ2v) is 7.99. The van der Waals surface area contributed by atoms with Gasteiger partial charge in [0.1, 0.15) is 5.82 Å². The van der Waals surface area contributed by atoms with Crippen LogP contribution in [-0.4, -0.2) is 34.7 Å². The van der Waals surface area contributed by atoms with Gasteiger partial charge >= 0.3 is 0 Å². The molecular formula is C20H23FN2O2S. The number of piperidine rings is 1. The molecule has 0 saturated carbocycles. The Morgan fingerprint density at radius 1 is 1.19 bits per heavy atom. The van der Waals surface area contributed by atoms with Gasteiger partial charge in [-0.3, -0.25) is 9.59 Å². The van der Waals surface area contributed by atoms with Crippen LogP contribution in [0, 0.1) is 19.7 Å². The molecule has 26 heavy (non-hydrogen) atoms. The molecule has 0 unspecified atom stereocenters. The standard InChI is InChI=1S/C20H23FN2O2S/c1-13-14(2)26-20(22-13)15-9-11-23(12-10-15)19(25)8-7-18(24)16-5-3-4-6-17(16)21/h3-6,15H,7-12H2,1-2H3. The fourth-order valence-corrected chi connectivity index (χ4v) is 4.34. The molecular weight excluding hydrogens is 351 g/mol. The summed E-state index contributed by atoms with van der Waals surface area (Å²) in [6.07, 6.45) is 1.98. The molecule has 1 amide bonds. The van der Waals surface area contributed by atoms with E-state index in [4.69, 9.17) is 0 Å². The number of Topliss-reactive ketones (excluding diaryl/α,β-unsaturated/α-hetero) is 1. The highest BCUT2D eigenvalue weighted by Gasteiger charge is 2.26. The molecule has 0 N–H and O–H groups in total. The van der Waals surface area contributed by atoms with Crippen LogP contribution in [0.4, 0.5) is 4.39 Å². The summed E-state index contributed by atoms with van der Waals surface area (Å²) in [7, 11) is 0. The first-order chi connectivity index (χ1) is 12.5. The number of nitrogens with zero attached hydrogens (tertiary/aromatic N) is 2. The van der Waals surface area contributed by atoms with Gasteiger partial charge in [0.15, 0.2) is 5.78 Å². The smallest absolute Gasteiger partial charge is 0.223 e. The van der Waals surface area contributed by atoms with Crippen LogP contribution in [0.25, 0.3) is 0 Å². The van der Waals surface area contributed by atoms with Crippen LogP contribution in [0.2, 0.25) is 0 Å². The lowest BCUT2D eigenvalue weighted by atomic mass is 9.97. The third kappa shape index (κ3) is 4.18. The predicted octanol–water partition coefficient (Wildman–Crippen LogP) is 4.27. The summed E-state index contributed by atoms with van der Waals surface area (Å²) in [5.74, 6) is -0.462. The van der Waals surface area contributed by atoms with E-state index in [1.807, 2.05) is 11.8 Å². The zero-order valence-electron chi connectivity index (χ0n) is 15.1. The number of benzene rings is 1. The van der Waals surface area contributed by atoms with E-state index in [1.165, 1.54) is 22.0 Å². The minimum atomic E-state index is -0.528. The van der Waals surface area contributed by atoms with Crippen molar-refractivity contribution in [3.05, 3.63) is 51.2 Å². The van der Waals surface area contributed by atoms with Crippen LogP contribution < -0.4 is 0 Å². The molecule has 4 nitrogen and oxygen atoms in total. The van der Waals surface area contributed by atoms with Gasteiger partial charge in [-0.1, -0.05) is 12.1 Å². The summed E-state index contributed by atoms with van der Waals surface area (Å²) < 4.78 is 13.6.